The van der Waals surface area contributed by atoms with Gasteiger partial charge in [0.25, 0.3) is 0 Å². The topological polar surface area (TPSA) is 52.6 Å². The molecule has 0 N–H and O–H groups in total. The molecule has 6 saturated carbocycles. The van der Waals surface area contributed by atoms with E-state index in [2.05, 4.69) is 0 Å². The number of aldehydes is 2. The van der Waals surface area contributed by atoms with Gasteiger partial charge in [0.1, 0.15) is 11.2 Å². The van der Waals surface area contributed by atoms with Gasteiger partial charge < -0.3 is 19.1 Å². The standard InChI is InChI=1S/C20H22O4/c21-5-19-15-7-1-3-9-11(7)17-13(15)14-16(20(17,6-22)23-9)8-2-4-10(24-19)12(8)18(14)19/h5-18H,1-4H2/t7-,8-,9-,10+,11+,12-,13-,14-,15+,16+,17-,18+,19-,20-/m1/s1. The molecule has 2 saturated heterocycles. The summed E-state index contributed by atoms with van der Waals surface area (Å²) in [5.41, 5.74) is -1.01. The maximum atomic E-state index is 12.5. The second kappa shape index (κ2) is 3.29. The van der Waals surface area contributed by atoms with Gasteiger partial charge in [0, 0.05) is 23.7 Å². The van der Waals surface area contributed by atoms with Crippen molar-refractivity contribution in [3.05, 3.63) is 0 Å². The van der Waals surface area contributed by atoms with E-state index in [9.17, 15) is 9.59 Å². The van der Waals surface area contributed by atoms with Crippen molar-refractivity contribution in [3.63, 3.8) is 0 Å². The monoisotopic (exact) mass is 326 g/mol. The molecule has 4 heteroatoms. The van der Waals surface area contributed by atoms with E-state index in [-0.39, 0.29) is 12.2 Å². The molecule has 2 aliphatic heterocycles. The number of rotatable bonds is 2. The zero-order valence-electron chi connectivity index (χ0n) is 13.5. The summed E-state index contributed by atoms with van der Waals surface area (Å²) in [6.45, 7) is 0. The summed E-state index contributed by atoms with van der Waals surface area (Å²) in [6.07, 6.45) is 7.52. The Labute approximate surface area is 140 Å². The van der Waals surface area contributed by atoms with Crippen molar-refractivity contribution in [1.82, 2.24) is 0 Å². The van der Waals surface area contributed by atoms with Crippen LogP contribution in [0.3, 0.4) is 0 Å². The third kappa shape index (κ3) is 0.851. The molecule has 4 nitrogen and oxygen atoms in total. The van der Waals surface area contributed by atoms with Crippen LogP contribution in [0.2, 0.25) is 0 Å². The summed E-state index contributed by atoms with van der Waals surface area (Å²) in [4.78, 5) is 24.9. The van der Waals surface area contributed by atoms with Gasteiger partial charge in [-0.3, -0.25) is 0 Å². The molecule has 0 radical (unpaired) electrons. The Kier molecular flexibility index (Phi) is 1.73. The lowest BCUT2D eigenvalue weighted by atomic mass is 9.72. The van der Waals surface area contributed by atoms with Crippen LogP contribution in [0.4, 0.5) is 0 Å². The lowest BCUT2D eigenvalue weighted by Gasteiger charge is -2.35. The van der Waals surface area contributed by atoms with E-state index in [4.69, 9.17) is 9.47 Å². The minimum absolute atomic E-state index is 0.273. The minimum atomic E-state index is -0.503. The molecule has 2 heterocycles. The molecular weight excluding hydrogens is 304 g/mol. The molecule has 24 heavy (non-hydrogen) atoms. The van der Waals surface area contributed by atoms with Crippen molar-refractivity contribution in [3.8, 4) is 0 Å². The molecule has 8 fully saturated rings. The van der Waals surface area contributed by atoms with E-state index >= 15 is 0 Å². The van der Waals surface area contributed by atoms with Gasteiger partial charge in [0.2, 0.25) is 0 Å². The maximum Gasteiger partial charge on any atom is 0.152 e. The van der Waals surface area contributed by atoms with Gasteiger partial charge in [-0.05, 0) is 61.2 Å². The molecule has 8 aliphatic rings. The van der Waals surface area contributed by atoms with Gasteiger partial charge in [0.05, 0.1) is 12.2 Å². The fourth-order valence-electron chi connectivity index (χ4n) is 10.8. The van der Waals surface area contributed by atoms with E-state index in [0.717, 1.165) is 12.8 Å². The lowest BCUT2D eigenvalue weighted by Crippen LogP contribution is -2.46. The van der Waals surface area contributed by atoms with Crippen molar-refractivity contribution >= 4 is 12.6 Å². The van der Waals surface area contributed by atoms with Crippen LogP contribution in [-0.2, 0) is 19.1 Å². The highest BCUT2D eigenvalue weighted by atomic mass is 16.5. The Morgan fingerprint density at radius 1 is 0.625 bits per heavy atom. The molecule has 0 spiro atoms. The minimum Gasteiger partial charge on any atom is -0.363 e. The summed E-state index contributed by atoms with van der Waals surface area (Å²) in [5, 5.41) is 0. The Bertz CT molecular complexity index is 660. The number of carbonyl (C=O) groups excluding carboxylic acids is 2. The number of ether oxygens (including phenoxy) is 2. The second-order valence-electron chi connectivity index (χ2n) is 10.2. The highest BCUT2D eigenvalue weighted by Gasteiger charge is 2.90. The Morgan fingerprint density at radius 2 is 1.08 bits per heavy atom. The molecule has 14 atom stereocenters. The van der Waals surface area contributed by atoms with Gasteiger partial charge in [0.15, 0.2) is 12.6 Å². The summed E-state index contributed by atoms with van der Waals surface area (Å²) >= 11 is 0. The molecule has 0 bridgehead atoms. The van der Waals surface area contributed by atoms with Crippen LogP contribution < -0.4 is 0 Å². The smallest absolute Gasteiger partial charge is 0.152 e. The first kappa shape index (κ1) is 12.6. The normalized spacial score (nSPS) is 76.8. The van der Waals surface area contributed by atoms with Gasteiger partial charge in [-0.15, -0.1) is 0 Å². The number of hydrogen-bond donors (Lipinski definition) is 0. The first-order valence-corrected chi connectivity index (χ1v) is 10.0. The highest BCUT2D eigenvalue weighted by Crippen LogP contribution is 2.85. The molecule has 0 aromatic carbocycles. The van der Waals surface area contributed by atoms with Crippen LogP contribution in [0.5, 0.6) is 0 Å². The van der Waals surface area contributed by atoms with E-state index in [1.807, 2.05) is 0 Å². The fraction of sp³-hybridized carbons (Fsp3) is 0.900. The van der Waals surface area contributed by atoms with Crippen LogP contribution in [0.1, 0.15) is 25.7 Å². The van der Waals surface area contributed by atoms with Crippen molar-refractivity contribution in [1.29, 1.82) is 0 Å². The number of carbonyl (C=O) groups is 2. The molecule has 0 aromatic rings. The Balaban J connectivity index is 1.47. The van der Waals surface area contributed by atoms with Gasteiger partial charge in [-0.2, -0.15) is 0 Å². The van der Waals surface area contributed by atoms with Gasteiger partial charge in [-0.25, -0.2) is 0 Å². The quantitative estimate of drug-likeness (QED) is 0.721. The highest BCUT2D eigenvalue weighted by molar-refractivity contribution is 5.73. The number of hydrogen-bond acceptors (Lipinski definition) is 4. The third-order valence-corrected chi connectivity index (χ3v) is 10.4. The average Bonchev–Trinajstić information content (AvgIpc) is 3.36. The molecule has 6 aliphatic carbocycles. The van der Waals surface area contributed by atoms with Crippen LogP contribution >= 0.6 is 0 Å². The van der Waals surface area contributed by atoms with Gasteiger partial charge >= 0.3 is 0 Å². The van der Waals surface area contributed by atoms with E-state index in [0.29, 0.717) is 59.2 Å². The molecule has 126 valence electrons. The van der Waals surface area contributed by atoms with Crippen LogP contribution in [0.15, 0.2) is 0 Å². The van der Waals surface area contributed by atoms with E-state index in [1.165, 1.54) is 25.4 Å². The Hall–Kier alpha value is -0.740. The van der Waals surface area contributed by atoms with Crippen LogP contribution in [-0.4, -0.2) is 36.0 Å². The summed E-state index contributed by atoms with van der Waals surface area (Å²) in [7, 11) is 0. The predicted molar refractivity (Wildman–Crippen MR) is 80.7 cm³/mol. The zero-order valence-corrected chi connectivity index (χ0v) is 13.5. The first-order chi connectivity index (χ1) is 11.8. The zero-order chi connectivity index (χ0) is 15.6. The van der Waals surface area contributed by atoms with Crippen molar-refractivity contribution in [2.75, 3.05) is 0 Å². The first-order valence-electron chi connectivity index (χ1n) is 10.0. The third-order valence-electron chi connectivity index (χ3n) is 10.4. The van der Waals surface area contributed by atoms with Crippen LogP contribution in [0.25, 0.3) is 0 Å². The SMILES string of the molecule is O=C[C@]12O[C@@H]3CC[C@@H]4[C@@H]3[C@@H]1[C@@H]1[C@H]3[C@@H]5[C@@H]6[C@@H](CC[C@@H]6O[C@]5(C=O)[C@@H]41)[C@@H]32. The summed E-state index contributed by atoms with van der Waals surface area (Å²) in [6, 6.07) is 0. The lowest BCUT2D eigenvalue weighted by molar-refractivity contribution is -0.150. The fourth-order valence-corrected chi connectivity index (χ4v) is 10.8. The second-order valence-corrected chi connectivity index (χ2v) is 10.2. The van der Waals surface area contributed by atoms with Crippen molar-refractivity contribution in [2.45, 2.75) is 49.1 Å². The van der Waals surface area contributed by atoms with E-state index in [1.54, 1.807) is 0 Å². The van der Waals surface area contributed by atoms with Crippen LogP contribution in [0, 0.1) is 59.2 Å². The largest absolute Gasteiger partial charge is 0.363 e. The average molecular weight is 326 g/mol. The maximum absolute atomic E-state index is 12.5. The molecule has 0 amide bonds. The van der Waals surface area contributed by atoms with E-state index < -0.39 is 11.2 Å². The Morgan fingerprint density at radius 3 is 1.50 bits per heavy atom. The molecule has 0 unspecified atom stereocenters. The summed E-state index contributed by atoms with van der Waals surface area (Å²) in [5.74, 6) is 4.72. The number of fused-ring (bicyclic) bond motifs is 4. The van der Waals surface area contributed by atoms with Crippen molar-refractivity contribution in [2.24, 2.45) is 59.2 Å². The molecule has 0 aromatic heterocycles. The molecule has 8 rings (SSSR count). The molecular formula is C20H22O4. The van der Waals surface area contributed by atoms with Crippen molar-refractivity contribution < 1.29 is 19.1 Å². The predicted octanol–water partition coefficient (Wildman–Crippen LogP) is 1.46. The summed E-state index contributed by atoms with van der Waals surface area (Å²) < 4.78 is 13.3. The van der Waals surface area contributed by atoms with Gasteiger partial charge in [-0.1, -0.05) is 0 Å².